The normalized spacial score (nSPS) is 12.0. The summed E-state index contributed by atoms with van der Waals surface area (Å²) >= 11 is 1.94. The standard InChI is InChI=1S/C11H26O4SSi/c1-13-17(3,14-2)11-5-10-16-9-4-7-15-8-6-12/h12H,4-11H2,1-3H3. The van der Waals surface area contributed by atoms with Gasteiger partial charge in [0, 0.05) is 20.8 Å². The van der Waals surface area contributed by atoms with Gasteiger partial charge in [0.05, 0.1) is 13.2 Å². The number of aliphatic hydroxyl groups excluding tert-OH is 1. The maximum absolute atomic E-state index is 8.51. The summed E-state index contributed by atoms with van der Waals surface area (Å²) in [6.07, 6.45) is 2.19. The van der Waals surface area contributed by atoms with E-state index in [9.17, 15) is 0 Å². The zero-order valence-corrected chi connectivity index (χ0v) is 13.1. The molecule has 0 fully saturated rings. The van der Waals surface area contributed by atoms with Gasteiger partial charge in [-0.15, -0.1) is 0 Å². The summed E-state index contributed by atoms with van der Waals surface area (Å²) in [7, 11) is 1.63. The molecule has 6 heteroatoms. The van der Waals surface area contributed by atoms with Gasteiger partial charge in [-0.25, -0.2) is 0 Å². The summed E-state index contributed by atoms with van der Waals surface area (Å²) in [6, 6.07) is 1.05. The number of thioether (sulfide) groups is 1. The monoisotopic (exact) mass is 282 g/mol. The number of hydrogen-bond donors (Lipinski definition) is 1. The molecular formula is C11H26O4SSi. The van der Waals surface area contributed by atoms with Crippen molar-refractivity contribution in [3.05, 3.63) is 0 Å². The molecule has 0 radical (unpaired) electrons. The quantitative estimate of drug-likeness (QED) is 0.437. The molecule has 0 aliphatic carbocycles. The van der Waals surface area contributed by atoms with E-state index in [4.69, 9.17) is 18.7 Å². The Kier molecular flexibility index (Phi) is 11.8. The van der Waals surface area contributed by atoms with Crippen molar-refractivity contribution in [3.8, 4) is 0 Å². The Morgan fingerprint density at radius 3 is 2.29 bits per heavy atom. The maximum atomic E-state index is 8.51. The van der Waals surface area contributed by atoms with Gasteiger partial charge in [0.15, 0.2) is 0 Å². The lowest BCUT2D eigenvalue weighted by atomic mass is 10.5. The summed E-state index contributed by atoms with van der Waals surface area (Å²) in [4.78, 5) is 0. The molecule has 0 bridgehead atoms. The Balaban J connectivity index is 3.23. The van der Waals surface area contributed by atoms with Crippen LogP contribution in [0.2, 0.25) is 12.6 Å². The van der Waals surface area contributed by atoms with Gasteiger partial charge in [0.25, 0.3) is 0 Å². The average molecular weight is 282 g/mol. The molecule has 0 spiro atoms. The lowest BCUT2D eigenvalue weighted by molar-refractivity contribution is 0.0933. The van der Waals surface area contributed by atoms with E-state index in [1.807, 2.05) is 11.8 Å². The van der Waals surface area contributed by atoms with Crippen molar-refractivity contribution in [2.75, 3.05) is 45.5 Å². The summed E-state index contributed by atoms with van der Waals surface area (Å²) in [5, 5.41) is 8.51. The predicted molar refractivity (Wildman–Crippen MR) is 74.9 cm³/mol. The highest BCUT2D eigenvalue weighted by Gasteiger charge is 2.27. The van der Waals surface area contributed by atoms with Gasteiger partial charge >= 0.3 is 8.56 Å². The first-order valence-corrected chi connectivity index (χ1v) is 9.73. The molecular weight excluding hydrogens is 256 g/mol. The number of ether oxygens (including phenoxy) is 1. The average Bonchev–Trinajstić information content (AvgIpc) is 2.36. The molecule has 0 heterocycles. The fraction of sp³-hybridized carbons (Fsp3) is 1.00. The Hall–Kier alpha value is 0.407. The molecule has 0 aromatic carbocycles. The molecule has 1 N–H and O–H groups in total. The van der Waals surface area contributed by atoms with Gasteiger partial charge in [-0.2, -0.15) is 11.8 Å². The van der Waals surface area contributed by atoms with Crippen LogP contribution in [0.1, 0.15) is 12.8 Å². The molecule has 0 atom stereocenters. The highest BCUT2D eigenvalue weighted by Crippen LogP contribution is 2.16. The first-order valence-electron chi connectivity index (χ1n) is 6.05. The van der Waals surface area contributed by atoms with Crippen LogP contribution in [0.15, 0.2) is 0 Å². The number of rotatable bonds is 12. The lowest BCUT2D eigenvalue weighted by Gasteiger charge is -2.22. The van der Waals surface area contributed by atoms with Crippen molar-refractivity contribution < 1.29 is 18.7 Å². The first kappa shape index (κ1) is 17.4. The van der Waals surface area contributed by atoms with E-state index in [1.54, 1.807) is 14.2 Å². The van der Waals surface area contributed by atoms with Crippen molar-refractivity contribution in [1.29, 1.82) is 0 Å². The second-order valence-electron chi connectivity index (χ2n) is 3.95. The molecule has 0 unspecified atom stereocenters. The molecule has 0 aliphatic heterocycles. The van der Waals surface area contributed by atoms with Crippen molar-refractivity contribution in [2.45, 2.75) is 25.4 Å². The second kappa shape index (κ2) is 11.5. The van der Waals surface area contributed by atoms with Gasteiger partial charge < -0.3 is 18.7 Å². The van der Waals surface area contributed by atoms with Crippen LogP contribution in [-0.2, 0) is 13.6 Å². The number of aliphatic hydroxyl groups is 1. The largest absolute Gasteiger partial charge is 0.398 e. The van der Waals surface area contributed by atoms with E-state index in [-0.39, 0.29) is 6.61 Å². The van der Waals surface area contributed by atoms with Crippen LogP contribution >= 0.6 is 11.8 Å². The Bertz CT molecular complexity index is 168. The second-order valence-corrected chi connectivity index (χ2v) is 8.76. The molecule has 0 amide bonds. The van der Waals surface area contributed by atoms with Gasteiger partial charge in [-0.05, 0) is 36.9 Å². The van der Waals surface area contributed by atoms with Crippen LogP contribution < -0.4 is 0 Å². The summed E-state index contributed by atoms with van der Waals surface area (Å²) in [5.74, 6) is 2.26. The van der Waals surface area contributed by atoms with E-state index < -0.39 is 8.56 Å². The zero-order valence-electron chi connectivity index (χ0n) is 11.2. The van der Waals surface area contributed by atoms with Crippen LogP contribution in [0.4, 0.5) is 0 Å². The molecule has 0 saturated carbocycles. The van der Waals surface area contributed by atoms with Gasteiger partial charge in [-0.1, -0.05) is 0 Å². The Morgan fingerprint density at radius 1 is 1.06 bits per heavy atom. The summed E-state index contributed by atoms with van der Waals surface area (Å²) in [6.45, 7) is 3.41. The van der Waals surface area contributed by atoms with Crippen molar-refractivity contribution >= 4 is 20.3 Å². The number of hydrogen-bond acceptors (Lipinski definition) is 5. The van der Waals surface area contributed by atoms with E-state index in [1.165, 1.54) is 0 Å². The maximum Gasteiger partial charge on any atom is 0.334 e. The first-order chi connectivity index (χ1) is 8.18. The van der Waals surface area contributed by atoms with E-state index >= 15 is 0 Å². The SMILES string of the molecule is CO[Si](C)(CCCSCCCOCCO)OC. The van der Waals surface area contributed by atoms with Gasteiger partial charge in [0.1, 0.15) is 0 Å². The van der Waals surface area contributed by atoms with Crippen LogP contribution in [0.25, 0.3) is 0 Å². The lowest BCUT2D eigenvalue weighted by Crippen LogP contribution is -2.35. The predicted octanol–water partition coefficient (Wildman–Crippen LogP) is 1.87. The highest BCUT2D eigenvalue weighted by atomic mass is 32.2. The third-order valence-electron chi connectivity index (χ3n) is 2.60. The summed E-state index contributed by atoms with van der Waals surface area (Å²) < 4.78 is 16.0. The third-order valence-corrected chi connectivity index (χ3v) is 6.74. The Morgan fingerprint density at radius 2 is 1.71 bits per heavy atom. The smallest absolute Gasteiger partial charge is 0.334 e. The third kappa shape index (κ3) is 10.1. The van der Waals surface area contributed by atoms with Crippen LogP contribution in [0, 0.1) is 0 Å². The van der Waals surface area contributed by atoms with E-state index in [2.05, 4.69) is 6.55 Å². The zero-order chi connectivity index (χ0) is 13.0. The molecule has 0 saturated heterocycles. The molecule has 104 valence electrons. The molecule has 0 aromatic heterocycles. The minimum atomic E-state index is -1.85. The molecule has 4 nitrogen and oxygen atoms in total. The van der Waals surface area contributed by atoms with Gasteiger partial charge in [-0.3, -0.25) is 0 Å². The minimum absolute atomic E-state index is 0.115. The molecule has 0 aliphatic rings. The van der Waals surface area contributed by atoms with Crippen molar-refractivity contribution in [2.24, 2.45) is 0 Å². The van der Waals surface area contributed by atoms with E-state index in [0.29, 0.717) is 6.61 Å². The fourth-order valence-corrected chi connectivity index (χ4v) is 3.84. The van der Waals surface area contributed by atoms with Crippen LogP contribution in [-0.4, -0.2) is 59.2 Å². The highest BCUT2D eigenvalue weighted by molar-refractivity contribution is 7.99. The van der Waals surface area contributed by atoms with Crippen LogP contribution in [0.5, 0.6) is 0 Å². The Labute approximate surface area is 110 Å². The topological polar surface area (TPSA) is 47.9 Å². The molecule has 0 aromatic rings. The minimum Gasteiger partial charge on any atom is -0.398 e. The van der Waals surface area contributed by atoms with E-state index in [0.717, 1.165) is 37.0 Å². The molecule has 0 rings (SSSR count). The summed E-state index contributed by atoms with van der Waals surface area (Å²) in [5.41, 5.74) is 0. The van der Waals surface area contributed by atoms with Crippen molar-refractivity contribution in [1.82, 2.24) is 0 Å². The fourth-order valence-electron chi connectivity index (χ4n) is 1.31. The van der Waals surface area contributed by atoms with Crippen LogP contribution in [0.3, 0.4) is 0 Å². The van der Waals surface area contributed by atoms with Gasteiger partial charge in [0.2, 0.25) is 0 Å². The molecule has 17 heavy (non-hydrogen) atoms. The van der Waals surface area contributed by atoms with Crippen molar-refractivity contribution in [3.63, 3.8) is 0 Å².